The summed E-state index contributed by atoms with van der Waals surface area (Å²) in [7, 11) is 3.35. The molecule has 0 fully saturated rings. The van der Waals surface area contributed by atoms with E-state index in [-0.39, 0.29) is 0 Å². The number of aromatic nitrogens is 1. The second-order valence-electron chi connectivity index (χ2n) is 6.21. The van der Waals surface area contributed by atoms with Gasteiger partial charge in [-0.3, -0.25) is 0 Å². The van der Waals surface area contributed by atoms with Crippen LogP contribution in [0.3, 0.4) is 0 Å². The molecule has 0 N–H and O–H groups in total. The Morgan fingerprint density at radius 1 is 0.815 bits per heavy atom. The molecule has 1 heterocycles. The lowest BCUT2D eigenvalue weighted by molar-refractivity contribution is 0.414. The van der Waals surface area contributed by atoms with Gasteiger partial charge in [-0.25, -0.2) is 4.98 Å². The van der Waals surface area contributed by atoms with Crippen LogP contribution >= 0.6 is 0 Å². The number of hydrogen-bond donors (Lipinski definition) is 0. The van der Waals surface area contributed by atoms with E-state index in [0.29, 0.717) is 0 Å². The van der Waals surface area contributed by atoms with E-state index in [0.717, 1.165) is 36.0 Å². The molecule has 4 nitrogen and oxygen atoms in total. The summed E-state index contributed by atoms with van der Waals surface area (Å²) in [6.07, 6.45) is 3.64. The first-order valence-corrected chi connectivity index (χ1v) is 8.81. The first-order valence-electron chi connectivity index (χ1n) is 8.81. The second-order valence-corrected chi connectivity index (χ2v) is 6.21. The van der Waals surface area contributed by atoms with Gasteiger partial charge in [-0.1, -0.05) is 36.9 Å². The summed E-state index contributed by atoms with van der Waals surface area (Å²) in [5.74, 6) is 2.63. The predicted octanol–water partition coefficient (Wildman–Crippen LogP) is 4.95. The van der Waals surface area contributed by atoms with Gasteiger partial charge in [-0.15, -0.1) is 0 Å². The van der Waals surface area contributed by atoms with Crippen LogP contribution in [0.1, 0.15) is 16.7 Å². The molecule has 0 saturated heterocycles. The molecule has 0 aliphatic carbocycles. The average molecular weight is 360 g/mol. The Morgan fingerprint density at radius 3 is 1.70 bits per heavy atom. The number of hydrogen-bond acceptors (Lipinski definition) is 4. The van der Waals surface area contributed by atoms with Crippen molar-refractivity contribution >= 4 is 11.9 Å². The maximum absolute atomic E-state index is 5.25. The minimum atomic E-state index is 0.746. The summed E-state index contributed by atoms with van der Waals surface area (Å²) in [6, 6.07) is 20.3. The van der Waals surface area contributed by atoms with Gasteiger partial charge >= 0.3 is 0 Å². The van der Waals surface area contributed by atoms with Gasteiger partial charge in [-0.05, 0) is 53.1 Å². The van der Waals surface area contributed by atoms with Crippen LogP contribution in [0.25, 0.3) is 6.08 Å². The summed E-state index contributed by atoms with van der Waals surface area (Å²) in [6.45, 7) is 5.29. The Morgan fingerprint density at radius 2 is 1.33 bits per heavy atom. The van der Waals surface area contributed by atoms with E-state index in [1.165, 1.54) is 11.1 Å². The standard InChI is InChI=1S/C23H24N2O2/c1-4-18-9-14-23(24-15-18)25(16-19-5-10-21(26-2)11-6-19)17-20-7-12-22(27-3)13-8-20/h4-15H,1,16-17H2,2-3H3. The fourth-order valence-corrected chi connectivity index (χ4v) is 2.83. The molecular weight excluding hydrogens is 336 g/mol. The van der Waals surface area contributed by atoms with Gasteiger partial charge in [0.1, 0.15) is 17.3 Å². The third kappa shape index (κ3) is 4.88. The van der Waals surface area contributed by atoms with Crippen LogP contribution in [0.2, 0.25) is 0 Å². The fraction of sp³-hybridized carbons (Fsp3) is 0.174. The topological polar surface area (TPSA) is 34.6 Å². The lowest BCUT2D eigenvalue weighted by Crippen LogP contribution is -2.23. The minimum Gasteiger partial charge on any atom is -0.497 e. The summed E-state index contributed by atoms with van der Waals surface area (Å²) in [5, 5.41) is 0. The molecule has 138 valence electrons. The van der Waals surface area contributed by atoms with E-state index in [4.69, 9.17) is 9.47 Å². The van der Waals surface area contributed by atoms with Crippen molar-refractivity contribution in [1.82, 2.24) is 4.98 Å². The van der Waals surface area contributed by atoms with Crippen LogP contribution in [0.15, 0.2) is 73.4 Å². The predicted molar refractivity (Wildman–Crippen MR) is 110 cm³/mol. The Balaban J connectivity index is 1.84. The number of nitrogens with zero attached hydrogens (tertiary/aromatic N) is 2. The molecule has 3 aromatic rings. The third-order valence-corrected chi connectivity index (χ3v) is 4.40. The minimum absolute atomic E-state index is 0.746. The molecule has 0 saturated carbocycles. The van der Waals surface area contributed by atoms with Gasteiger partial charge in [0.25, 0.3) is 0 Å². The molecule has 0 amide bonds. The van der Waals surface area contributed by atoms with Gasteiger partial charge in [0, 0.05) is 19.3 Å². The summed E-state index contributed by atoms with van der Waals surface area (Å²) in [5.41, 5.74) is 3.39. The summed E-state index contributed by atoms with van der Waals surface area (Å²) in [4.78, 5) is 6.86. The van der Waals surface area contributed by atoms with E-state index in [1.54, 1.807) is 20.3 Å². The quantitative estimate of drug-likeness (QED) is 0.569. The van der Waals surface area contributed by atoms with Crippen LogP contribution in [0, 0.1) is 0 Å². The Hall–Kier alpha value is -3.27. The van der Waals surface area contributed by atoms with Gasteiger partial charge in [0.05, 0.1) is 14.2 Å². The number of benzene rings is 2. The molecule has 2 aromatic carbocycles. The monoisotopic (exact) mass is 360 g/mol. The largest absolute Gasteiger partial charge is 0.497 e. The highest BCUT2D eigenvalue weighted by atomic mass is 16.5. The van der Waals surface area contributed by atoms with E-state index in [2.05, 4.69) is 40.7 Å². The molecule has 0 radical (unpaired) electrons. The maximum atomic E-state index is 5.25. The van der Waals surface area contributed by atoms with Crippen molar-refractivity contribution in [2.24, 2.45) is 0 Å². The number of methoxy groups -OCH3 is 2. The Bertz CT molecular complexity index is 807. The molecule has 3 rings (SSSR count). The number of pyridine rings is 1. The molecular formula is C23H24N2O2. The average Bonchev–Trinajstić information content (AvgIpc) is 2.74. The zero-order valence-corrected chi connectivity index (χ0v) is 15.8. The van der Waals surface area contributed by atoms with Crippen LogP contribution in [0.4, 0.5) is 5.82 Å². The third-order valence-electron chi connectivity index (χ3n) is 4.40. The van der Waals surface area contributed by atoms with Crippen molar-refractivity contribution in [1.29, 1.82) is 0 Å². The summed E-state index contributed by atoms with van der Waals surface area (Å²) >= 11 is 0. The van der Waals surface area contributed by atoms with Crippen LogP contribution in [-0.2, 0) is 13.1 Å². The van der Waals surface area contributed by atoms with E-state index in [9.17, 15) is 0 Å². The number of anilines is 1. The van der Waals surface area contributed by atoms with E-state index in [1.807, 2.05) is 42.6 Å². The Kier molecular flexibility index (Phi) is 6.10. The van der Waals surface area contributed by atoms with Crippen molar-refractivity contribution in [2.75, 3.05) is 19.1 Å². The zero-order chi connectivity index (χ0) is 19.1. The van der Waals surface area contributed by atoms with Crippen LogP contribution in [-0.4, -0.2) is 19.2 Å². The van der Waals surface area contributed by atoms with E-state index >= 15 is 0 Å². The van der Waals surface area contributed by atoms with Crippen molar-refractivity contribution < 1.29 is 9.47 Å². The summed E-state index contributed by atoms with van der Waals surface area (Å²) < 4.78 is 10.5. The van der Waals surface area contributed by atoms with Gasteiger partial charge in [0.2, 0.25) is 0 Å². The van der Waals surface area contributed by atoms with Crippen molar-refractivity contribution in [3.8, 4) is 11.5 Å². The molecule has 4 heteroatoms. The molecule has 1 aromatic heterocycles. The van der Waals surface area contributed by atoms with E-state index < -0.39 is 0 Å². The Labute approximate surface area is 160 Å². The molecule has 0 aliphatic rings. The SMILES string of the molecule is C=Cc1ccc(N(Cc2ccc(OC)cc2)Cc2ccc(OC)cc2)nc1. The van der Waals surface area contributed by atoms with Gasteiger partial charge in [0.15, 0.2) is 0 Å². The van der Waals surface area contributed by atoms with Crippen molar-refractivity contribution in [2.45, 2.75) is 13.1 Å². The molecule has 0 aliphatic heterocycles. The normalized spacial score (nSPS) is 10.3. The maximum Gasteiger partial charge on any atom is 0.129 e. The highest BCUT2D eigenvalue weighted by Crippen LogP contribution is 2.21. The van der Waals surface area contributed by atoms with Crippen molar-refractivity contribution in [3.63, 3.8) is 0 Å². The first kappa shape index (κ1) is 18.5. The molecule has 0 spiro atoms. The molecule has 0 atom stereocenters. The highest BCUT2D eigenvalue weighted by molar-refractivity contribution is 5.50. The smallest absolute Gasteiger partial charge is 0.129 e. The molecule has 0 bridgehead atoms. The number of rotatable bonds is 8. The molecule has 0 unspecified atom stereocenters. The second kappa shape index (κ2) is 8.90. The molecule has 27 heavy (non-hydrogen) atoms. The zero-order valence-electron chi connectivity index (χ0n) is 15.8. The fourth-order valence-electron chi connectivity index (χ4n) is 2.83. The van der Waals surface area contributed by atoms with Crippen LogP contribution in [0.5, 0.6) is 11.5 Å². The number of ether oxygens (including phenoxy) is 2. The highest BCUT2D eigenvalue weighted by Gasteiger charge is 2.10. The van der Waals surface area contributed by atoms with Crippen molar-refractivity contribution in [3.05, 3.63) is 90.1 Å². The lowest BCUT2D eigenvalue weighted by atomic mass is 10.1. The van der Waals surface area contributed by atoms with Gasteiger partial charge < -0.3 is 14.4 Å². The van der Waals surface area contributed by atoms with Crippen LogP contribution < -0.4 is 14.4 Å². The van der Waals surface area contributed by atoms with Gasteiger partial charge in [-0.2, -0.15) is 0 Å². The first-order chi connectivity index (χ1) is 13.2. The lowest BCUT2D eigenvalue weighted by Gasteiger charge is -2.24.